The largest absolute Gasteiger partial charge is 0.326 e. The van der Waals surface area contributed by atoms with E-state index in [-0.39, 0.29) is 11.9 Å². The van der Waals surface area contributed by atoms with Crippen LogP contribution in [0.4, 0.5) is 5.69 Å². The Morgan fingerprint density at radius 3 is 2.76 bits per heavy atom. The van der Waals surface area contributed by atoms with Gasteiger partial charge in [-0.15, -0.1) is 0 Å². The number of nitrogens with one attached hydrogen (secondary N) is 1. The molecule has 1 fully saturated rings. The van der Waals surface area contributed by atoms with Gasteiger partial charge in [0, 0.05) is 24.8 Å². The summed E-state index contributed by atoms with van der Waals surface area (Å²) < 4.78 is 0. The van der Waals surface area contributed by atoms with Gasteiger partial charge in [0.2, 0.25) is 5.91 Å². The number of hydrogen-bond acceptors (Lipinski definition) is 3. The average Bonchev–Trinajstić information content (AvgIpc) is 2.67. The topological polar surface area (TPSA) is 58.4 Å². The van der Waals surface area contributed by atoms with Crippen molar-refractivity contribution >= 4 is 11.6 Å². The minimum atomic E-state index is 0.0305. The van der Waals surface area contributed by atoms with Crippen molar-refractivity contribution < 1.29 is 4.79 Å². The molecule has 1 atom stereocenters. The van der Waals surface area contributed by atoms with Crippen LogP contribution in [0.5, 0.6) is 0 Å². The van der Waals surface area contributed by atoms with E-state index >= 15 is 0 Å². The average molecular weight is 233 g/mol. The summed E-state index contributed by atoms with van der Waals surface area (Å²) in [5.74, 6) is 0.0305. The molecule has 4 nitrogen and oxygen atoms in total. The molecule has 4 heteroatoms. The first-order valence-electron chi connectivity index (χ1n) is 5.98. The lowest BCUT2D eigenvalue weighted by atomic mass is 10.2. The zero-order chi connectivity index (χ0) is 12.3. The van der Waals surface area contributed by atoms with Gasteiger partial charge in [0.15, 0.2) is 0 Å². The first kappa shape index (κ1) is 12.1. The molecule has 1 saturated heterocycles. The molecular formula is C13H19N3O. The third kappa shape index (κ3) is 3.54. The molecule has 0 unspecified atom stereocenters. The fraction of sp³-hybridized carbons (Fsp3) is 0.462. The Morgan fingerprint density at radius 1 is 1.47 bits per heavy atom. The predicted octanol–water partition coefficient (Wildman–Crippen LogP) is 0.967. The van der Waals surface area contributed by atoms with Crippen molar-refractivity contribution in [3.05, 3.63) is 29.8 Å². The second-order valence-corrected chi connectivity index (χ2v) is 4.70. The normalized spacial score (nSPS) is 20.5. The zero-order valence-corrected chi connectivity index (χ0v) is 10.1. The minimum Gasteiger partial charge on any atom is -0.326 e. The number of rotatable bonds is 3. The summed E-state index contributed by atoms with van der Waals surface area (Å²) in [6.45, 7) is 4.20. The van der Waals surface area contributed by atoms with Gasteiger partial charge in [0.05, 0.1) is 6.54 Å². The molecule has 1 aliphatic heterocycles. The lowest BCUT2D eigenvalue weighted by Gasteiger charge is -2.14. The van der Waals surface area contributed by atoms with Crippen LogP contribution < -0.4 is 11.1 Å². The third-order valence-corrected chi connectivity index (χ3v) is 3.01. The smallest absolute Gasteiger partial charge is 0.238 e. The quantitative estimate of drug-likeness (QED) is 0.817. The van der Waals surface area contributed by atoms with Gasteiger partial charge in [-0.25, -0.2) is 0 Å². The minimum absolute atomic E-state index is 0.0305. The fourth-order valence-electron chi connectivity index (χ4n) is 2.05. The number of benzene rings is 1. The summed E-state index contributed by atoms with van der Waals surface area (Å²) in [5, 5.41) is 2.89. The van der Waals surface area contributed by atoms with Gasteiger partial charge in [-0.05, 0) is 25.5 Å². The maximum absolute atomic E-state index is 11.8. The monoisotopic (exact) mass is 233 g/mol. The van der Waals surface area contributed by atoms with E-state index < -0.39 is 0 Å². The highest BCUT2D eigenvalue weighted by Gasteiger charge is 2.20. The molecule has 1 aromatic rings. The molecule has 1 aromatic carbocycles. The van der Waals surface area contributed by atoms with Crippen molar-refractivity contribution in [3.63, 3.8) is 0 Å². The van der Waals surface area contributed by atoms with Crippen molar-refractivity contribution in [2.24, 2.45) is 5.73 Å². The van der Waals surface area contributed by atoms with E-state index in [1.54, 1.807) is 0 Å². The van der Waals surface area contributed by atoms with E-state index in [2.05, 4.69) is 10.2 Å². The van der Waals surface area contributed by atoms with Crippen LogP contribution in [-0.2, 0) is 4.79 Å². The SMILES string of the molecule is Cc1ccc(NC(=O)CN2CC[C@@H](N)C2)cc1. The van der Waals surface area contributed by atoms with E-state index in [0.717, 1.165) is 25.2 Å². The van der Waals surface area contributed by atoms with Gasteiger partial charge in [-0.3, -0.25) is 9.69 Å². The highest BCUT2D eigenvalue weighted by atomic mass is 16.2. The molecule has 0 radical (unpaired) electrons. The number of hydrogen-bond donors (Lipinski definition) is 2. The number of carbonyl (C=O) groups excluding carboxylic acids is 1. The maximum Gasteiger partial charge on any atom is 0.238 e. The van der Waals surface area contributed by atoms with Crippen LogP contribution in [0.15, 0.2) is 24.3 Å². The van der Waals surface area contributed by atoms with Crippen LogP contribution >= 0.6 is 0 Å². The molecule has 1 aliphatic rings. The summed E-state index contributed by atoms with van der Waals surface area (Å²) in [7, 11) is 0. The molecule has 17 heavy (non-hydrogen) atoms. The Kier molecular flexibility index (Phi) is 3.76. The van der Waals surface area contributed by atoms with E-state index in [1.807, 2.05) is 31.2 Å². The van der Waals surface area contributed by atoms with Crippen molar-refractivity contribution in [1.29, 1.82) is 0 Å². The van der Waals surface area contributed by atoms with Gasteiger partial charge in [0.1, 0.15) is 0 Å². The first-order chi connectivity index (χ1) is 8.13. The predicted molar refractivity (Wildman–Crippen MR) is 68.8 cm³/mol. The van der Waals surface area contributed by atoms with Gasteiger partial charge in [-0.1, -0.05) is 17.7 Å². The number of amides is 1. The molecule has 1 amide bonds. The standard InChI is InChI=1S/C13H19N3O/c1-10-2-4-12(5-3-10)15-13(17)9-16-7-6-11(14)8-16/h2-5,11H,6-9,14H2,1H3,(H,15,17)/t11-/m1/s1. The lowest BCUT2D eigenvalue weighted by Crippen LogP contribution is -2.33. The Hall–Kier alpha value is -1.39. The van der Waals surface area contributed by atoms with Crippen LogP contribution in [0.3, 0.4) is 0 Å². The summed E-state index contributed by atoms with van der Waals surface area (Å²) in [4.78, 5) is 13.9. The van der Waals surface area contributed by atoms with Gasteiger partial charge < -0.3 is 11.1 Å². The van der Waals surface area contributed by atoms with Crippen LogP contribution in [0, 0.1) is 6.92 Å². The van der Waals surface area contributed by atoms with Crippen LogP contribution in [0.2, 0.25) is 0 Å². The Labute approximate surface area is 102 Å². The molecule has 1 heterocycles. The maximum atomic E-state index is 11.8. The van der Waals surface area contributed by atoms with E-state index in [0.29, 0.717) is 6.54 Å². The lowest BCUT2D eigenvalue weighted by molar-refractivity contribution is -0.117. The van der Waals surface area contributed by atoms with Crippen molar-refractivity contribution in [1.82, 2.24) is 4.90 Å². The number of carbonyl (C=O) groups is 1. The summed E-state index contributed by atoms with van der Waals surface area (Å²) in [6, 6.07) is 8.04. The Balaban J connectivity index is 1.83. The second-order valence-electron chi connectivity index (χ2n) is 4.70. The van der Waals surface area contributed by atoms with Gasteiger partial charge in [-0.2, -0.15) is 0 Å². The molecule has 0 aromatic heterocycles. The number of nitrogens with zero attached hydrogens (tertiary/aromatic N) is 1. The Morgan fingerprint density at radius 2 is 2.18 bits per heavy atom. The molecular weight excluding hydrogens is 214 g/mol. The van der Waals surface area contributed by atoms with Crippen LogP contribution in [-0.4, -0.2) is 36.5 Å². The summed E-state index contributed by atoms with van der Waals surface area (Å²) in [5.41, 5.74) is 7.84. The summed E-state index contributed by atoms with van der Waals surface area (Å²) in [6.07, 6.45) is 0.984. The van der Waals surface area contributed by atoms with Crippen LogP contribution in [0.1, 0.15) is 12.0 Å². The zero-order valence-electron chi connectivity index (χ0n) is 10.1. The van der Waals surface area contributed by atoms with Crippen LogP contribution in [0.25, 0.3) is 0 Å². The molecule has 0 bridgehead atoms. The number of aryl methyl sites for hydroxylation is 1. The summed E-state index contributed by atoms with van der Waals surface area (Å²) >= 11 is 0. The van der Waals surface area contributed by atoms with Crippen molar-refractivity contribution in [3.8, 4) is 0 Å². The molecule has 2 rings (SSSR count). The molecule has 92 valence electrons. The molecule has 0 saturated carbocycles. The highest BCUT2D eigenvalue weighted by Crippen LogP contribution is 2.10. The van der Waals surface area contributed by atoms with Gasteiger partial charge >= 0.3 is 0 Å². The number of anilines is 1. The molecule has 0 aliphatic carbocycles. The number of likely N-dealkylation sites (tertiary alicyclic amines) is 1. The van der Waals surface area contributed by atoms with Crippen molar-refractivity contribution in [2.45, 2.75) is 19.4 Å². The highest BCUT2D eigenvalue weighted by molar-refractivity contribution is 5.92. The second kappa shape index (κ2) is 5.29. The number of nitrogens with two attached hydrogens (primary N) is 1. The fourth-order valence-corrected chi connectivity index (χ4v) is 2.05. The third-order valence-electron chi connectivity index (χ3n) is 3.01. The molecule has 3 N–H and O–H groups in total. The first-order valence-corrected chi connectivity index (χ1v) is 5.98. The molecule has 0 spiro atoms. The van der Waals surface area contributed by atoms with E-state index in [9.17, 15) is 4.79 Å². The Bertz CT molecular complexity index is 388. The van der Waals surface area contributed by atoms with Gasteiger partial charge in [0.25, 0.3) is 0 Å². The van der Waals surface area contributed by atoms with Crippen molar-refractivity contribution in [2.75, 3.05) is 25.0 Å². The van der Waals surface area contributed by atoms with E-state index in [1.165, 1.54) is 5.56 Å². The van der Waals surface area contributed by atoms with E-state index in [4.69, 9.17) is 5.73 Å².